The lowest BCUT2D eigenvalue weighted by molar-refractivity contribution is -0.132. The molecule has 2 aromatic rings. The monoisotopic (exact) mass is 428 g/mol. The number of methoxy groups -OCH3 is 1. The molecule has 0 aliphatic carbocycles. The number of hydrogen-bond acceptors (Lipinski definition) is 7. The molecule has 0 saturated carbocycles. The molecular weight excluding hydrogens is 400 g/mol. The third kappa shape index (κ3) is 4.89. The number of ether oxygens (including phenoxy) is 2. The van der Waals surface area contributed by atoms with E-state index in [1.54, 1.807) is 23.5 Å². The predicted octanol–water partition coefficient (Wildman–Crippen LogP) is 2.36. The maximum absolute atomic E-state index is 13.1. The van der Waals surface area contributed by atoms with E-state index in [0.717, 1.165) is 61.3 Å². The molecule has 1 N–H and O–H groups in total. The Morgan fingerprint density at radius 1 is 1.27 bits per heavy atom. The van der Waals surface area contributed by atoms with Crippen LogP contribution in [0, 0.1) is 0 Å². The minimum atomic E-state index is -0.160. The van der Waals surface area contributed by atoms with Gasteiger partial charge in [-0.3, -0.25) is 9.69 Å². The highest BCUT2D eigenvalue weighted by molar-refractivity contribution is 7.12. The van der Waals surface area contributed by atoms with Crippen LogP contribution in [-0.4, -0.2) is 74.6 Å². The first kappa shape index (κ1) is 21.0. The van der Waals surface area contributed by atoms with Gasteiger partial charge in [0.05, 0.1) is 43.5 Å². The van der Waals surface area contributed by atoms with Gasteiger partial charge in [-0.1, -0.05) is 24.3 Å². The fraction of sp³-hybridized carbons (Fsp3) is 0.455. The summed E-state index contributed by atoms with van der Waals surface area (Å²) < 4.78 is 10.9. The van der Waals surface area contributed by atoms with Gasteiger partial charge in [-0.2, -0.15) is 5.10 Å². The first-order chi connectivity index (χ1) is 14.8. The van der Waals surface area contributed by atoms with Gasteiger partial charge in [-0.15, -0.1) is 11.3 Å². The van der Waals surface area contributed by atoms with Crippen LogP contribution in [-0.2, 0) is 9.53 Å². The van der Waals surface area contributed by atoms with Crippen LogP contribution in [0.2, 0.25) is 0 Å². The second-order valence-corrected chi connectivity index (χ2v) is 8.30. The zero-order valence-corrected chi connectivity index (χ0v) is 18.1. The Bertz CT molecular complexity index is 865. The van der Waals surface area contributed by atoms with Gasteiger partial charge in [0, 0.05) is 38.2 Å². The summed E-state index contributed by atoms with van der Waals surface area (Å²) in [7, 11) is 1.66. The molecule has 1 saturated heterocycles. The molecule has 160 valence electrons. The highest BCUT2D eigenvalue weighted by Crippen LogP contribution is 2.37. The molecule has 2 aliphatic rings. The maximum Gasteiger partial charge on any atom is 0.257 e. The molecule has 0 bridgehead atoms. The third-order valence-electron chi connectivity index (χ3n) is 5.45. The van der Waals surface area contributed by atoms with Gasteiger partial charge in [-0.05, 0) is 17.5 Å². The van der Waals surface area contributed by atoms with Gasteiger partial charge < -0.3 is 14.8 Å². The second kappa shape index (κ2) is 10.2. The van der Waals surface area contributed by atoms with Gasteiger partial charge in [-0.25, -0.2) is 5.01 Å². The van der Waals surface area contributed by atoms with Gasteiger partial charge in [0.15, 0.2) is 0 Å². The Kier molecular flexibility index (Phi) is 7.11. The molecule has 0 radical (unpaired) electrons. The number of carbonyl (C=O) groups is 1. The third-order valence-corrected chi connectivity index (χ3v) is 6.37. The normalized spacial score (nSPS) is 19.7. The first-order valence-corrected chi connectivity index (χ1v) is 11.2. The second-order valence-electron chi connectivity index (χ2n) is 7.35. The van der Waals surface area contributed by atoms with E-state index in [4.69, 9.17) is 14.6 Å². The molecule has 1 aromatic heterocycles. The zero-order chi connectivity index (χ0) is 20.8. The molecule has 1 atom stereocenters. The minimum Gasteiger partial charge on any atom is -0.496 e. The van der Waals surface area contributed by atoms with Crippen molar-refractivity contribution in [2.75, 3.05) is 53.0 Å². The molecule has 4 rings (SSSR count). The van der Waals surface area contributed by atoms with Crippen molar-refractivity contribution in [2.45, 2.75) is 12.5 Å². The highest BCUT2D eigenvalue weighted by Gasteiger charge is 2.34. The number of nitrogens with zero attached hydrogens (tertiary/aromatic N) is 3. The van der Waals surface area contributed by atoms with Crippen LogP contribution < -0.4 is 10.1 Å². The molecule has 8 heteroatoms. The number of para-hydroxylation sites is 1. The highest BCUT2D eigenvalue weighted by atomic mass is 32.1. The van der Waals surface area contributed by atoms with Crippen LogP contribution in [0.15, 0.2) is 46.9 Å². The lowest BCUT2D eigenvalue weighted by Gasteiger charge is -2.27. The van der Waals surface area contributed by atoms with Crippen molar-refractivity contribution in [2.24, 2.45) is 5.10 Å². The fourth-order valence-corrected chi connectivity index (χ4v) is 4.58. The van der Waals surface area contributed by atoms with E-state index in [1.165, 1.54) is 0 Å². The number of amides is 1. The molecule has 1 amide bonds. The van der Waals surface area contributed by atoms with Crippen LogP contribution in [0.5, 0.6) is 5.75 Å². The van der Waals surface area contributed by atoms with Crippen LogP contribution in [0.25, 0.3) is 0 Å². The van der Waals surface area contributed by atoms with E-state index in [0.29, 0.717) is 6.42 Å². The number of hydrazone groups is 1. The number of rotatable bonds is 8. The van der Waals surface area contributed by atoms with E-state index in [-0.39, 0.29) is 18.5 Å². The Balaban J connectivity index is 1.43. The number of hydrogen-bond donors (Lipinski definition) is 1. The van der Waals surface area contributed by atoms with E-state index in [1.807, 2.05) is 35.7 Å². The van der Waals surface area contributed by atoms with Crippen molar-refractivity contribution < 1.29 is 14.3 Å². The van der Waals surface area contributed by atoms with Gasteiger partial charge in [0.1, 0.15) is 5.75 Å². The van der Waals surface area contributed by atoms with Crippen LogP contribution in [0.3, 0.4) is 0 Å². The summed E-state index contributed by atoms with van der Waals surface area (Å²) in [5, 5.41) is 11.7. The lowest BCUT2D eigenvalue weighted by Crippen LogP contribution is -2.42. The largest absolute Gasteiger partial charge is 0.496 e. The van der Waals surface area contributed by atoms with E-state index < -0.39 is 0 Å². The van der Waals surface area contributed by atoms with Gasteiger partial charge in [0.25, 0.3) is 5.91 Å². The van der Waals surface area contributed by atoms with E-state index in [2.05, 4.69) is 16.3 Å². The number of thiophene rings is 1. The van der Waals surface area contributed by atoms with Crippen molar-refractivity contribution in [3.05, 3.63) is 52.2 Å². The average Bonchev–Trinajstić information content (AvgIpc) is 3.47. The molecule has 3 heterocycles. The number of carbonyl (C=O) groups excluding carboxylic acids is 1. The van der Waals surface area contributed by atoms with E-state index in [9.17, 15) is 4.79 Å². The zero-order valence-electron chi connectivity index (χ0n) is 17.3. The first-order valence-electron chi connectivity index (χ1n) is 10.3. The summed E-state index contributed by atoms with van der Waals surface area (Å²) in [5.74, 6) is 0.752. The minimum absolute atomic E-state index is 0.0283. The average molecular weight is 429 g/mol. The summed E-state index contributed by atoms with van der Waals surface area (Å²) in [6.07, 6.45) is 0.681. The Labute approximate surface area is 181 Å². The topological polar surface area (TPSA) is 66.4 Å². The summed E-state index contributed by atoms with van der Waals surface area (Å²) in [6.45, 7) is 5.41. The van der Waals surface area contributed by atoms with Gasteiger partial charge in [0.2, 0.25) is 0 Å². The molecule has 2 aliphatic heterocycles. The lowest BCUT2D eigenvalue weighted by atomic mass is 10.00. The maximum atomic E-state index is 13.1. The smallest absolute Gasteiger partial charge is 0.257 e. The molecule has 7 nitrogen and oxygen atoms in total. The summed E-state index contributed by atoms with van der Waals surface area (Å²) in [5.41, 5.74) is 1.93. The molecule has 0 spiro atoms. The molecule has 1 aromatic carbocycles. The molecule has 30 heavy (non-hydrogen) atoms. The van der Waals surface area contributed by atoms with Crippen molar-refractivity contribution in [3.8, 4) is 5.75 Å². The van der Waals surface area contributed by atoms with Crippen molar-refractivity contribution in [1.82, 2.24) is 15.2 Å². The number of morpholine rings is 1. The fourth-order valence-electron chi connectivity index (χ4n) is 3.85. The SMILES string of the molecule is COc1ccccc1C1CC(c2cccs2)=NN1C(=O)CNCCN1CCOCC1. The number of nitrogens with one attached hydrogen (secondary N) is 1. The molecular formula is C22H28N4O3S. The summed E-state index contributed by atoms with van der Waals surface area (Å²) in [6, 6.07) is 11.8. The van der Waals surface area contributed by atoms with Crippen molar-refractivity contribution >= 4 is 23.0 Å². The van der Waals surface area contributed by atoms with Gasteiger partial charge >= 0.3 is 0 Å². The molecule has 1 unspecified atom stereocenters. The predicted molar refractivity (Wildman–Crippen MR) is 118 cm³/mol. The van der Waals surface area contributed by atoms with Crippen LogP contribution >= 0.6 is 11.3 Å². The van der Waals surface area contributed by atoms with Crippen molar-refractivity contribution in [3.63, 3.8) is 0 Å². The van der Waals surface area contributed by atoms with Crippen molar-refractivity contribution in [1.29, 1.82) is 0 Å². The Morgan fingerprint density at radius 3 is 2.87 bits per heavy atom. The Morgan fingerprint density at radius 2 is 2.10 bits per heavy atom. The molecule has 1 fully saturated rings. The van der Waals surface area contributed by atoms with Crippen LogP contribution in [0.4, 0.5) is 0 Å². The summed E-state index contributed by atoms with van der Waals surface area (Å²) >= 11 is 1.65. The standard InChI is InChI=1S/C22H28N4O3S/c1-28-20-6-3-2-5-17(20)19-15-18(21-7-4-14-30-21)24-26(19)22(27)16-23-8-9-25-10-12-29-13-11-25/h2-7,14,19,23H,8-13,15-16H2,1H3. The Hall–Kier alpha value is -2.26. The number of benzene rings is 1. The van der Waals surface area contributed by atoms with Crippen LogP contribution in [0.1, 0.15) is 22.9 Å². The summed E-state index contributed by atoms with van der Waals surface area (Å²) in [4.78, 5) is 16.5. The quantitative estimate of drug-likeness (QED) is 0.654. The van der Waals surface area contributed by atoms with E-state index >= 15 is 0 Å².